The topological polar surface area (TPSA) is 67.8 Å². The van der Waals surface area contributed by atoms with Gasteiger partial charge in [0.15, 0.2) is 5.79 Å². The number of carbonyl (C=O) groups excluding carboxylic acids is 1. The fraction of sp³-hybridized carbons (Fsp3) is 0.500. The van der Waals surface area contributed by atoms with Crippen LogP contribution in [0, 0.1) is 5.41 Å². The SMILES string of the molecule is CC(C)(C)C1(c2ccc(C(=O)NO)cc2)OCCO1. The third kappa shape index (κ3) is 2.36. The molecule has 0 atom stereocenters. The summed E-state index contributed by atoms with van der Waals surface area (Å²) >= 11 is 0. The summed E-state index contributed by atoms with van der Waals surface area (Å²) in [5.41, 5.74) is 2.63. The second-order valence-electron chi connectivity index (χ2n) is 5.58. The molecule has 1 aromatic carbocycles. The van der Waals surface area contributed by atoms with E-state index in [2.05, 4.69) is 0 Å². The molecule has 104 valence electrons. The molecule has 2 rings (SSSR count). The van der Waals surface area contributed by atoms with Crippen molar-refractivity contribution < 1.29 is 19.5 Å². The van der Waals surface area contributed by atoms with Gasteiger partial charge in [0.05, 0.1) is 13.2 Å². The zero-order valence-electron chi connectivity index (χ0n) is 11.4. The van der Waals surface area contributed by atoms with Crippen molar-refractivity contribution in [3.05, 3.63) is 35.4 Å². The van der Waals surface area contributed by atoms with Gasteiger partial charge in [-0.05, 0) is 12.1 Å². The minimum Gasteiger partial charge on any atom is -0.343 e. The highest BCUT2D eigenvalue weighted by Crippen LogP contribution is 2.46. The van der Waals surface area contributed by atoms with Crippen LogP contribution in [0.2, 0.25) is 0 Å². The fourth-order valence-corrected chi connectivity index (χ4v) is 2.35. The van der Waals surface area contributed by atoms with Crippen LogP contribution < -0.4 is 5.48 Å². The van der Waals surface area contributed by atoms with Crippen molar-refractivity contribution in [1.82, 2.24) is 5.48 Å². The Kier molecular flexibility index (Phi) is 3.62. The summed E-state index contributed by atoms with van der Waals surface area (Å²) in [7, 11) is 0. The third-order valence-corrected chi connectivity index (χ3v) is 3.31. The van der Waals surface area contributed by atoms with Crippen molar-refractivity contribution in [2.24, 2.45) is 5.41 Å². The highest BCUT2D eigenvalue weighted by molar-refractivity contribution is 5.93. The zero-order valence-corrected chi connectivity index (χ0v) is 11.4. The molecule has 5 heteroatoms. The molecule has 0 spiro atoms. The summed E-state index contributed by atoms with van der Waals surface area (Å²) in [5.74, 6) is -1.33. The van der Waals surface area contributed by atoms with E-state index in [0.29, 0.717) is 18.8 Å². The minimum atomic E-state index is -0.790. The molecule has 0 radical (unpaired) electrons. The van der Waals surface area contributed by atoms with E-state index in [1.165, 1.54) is 0 Å². The largest absolute Gasteiger partial charge is 0.343 e. The number of rotatable bonds is 2. The fourth-order valence-electron chi connectivity index (χ4n) is 2.35. The molecule has 0 aromatic heterocycles. The molecule has 0 bridgehead atoms. The Labute approximate surface area is 112 Å². The van der Waals surface area contributed by atoms with Gasteiger partial charge in [-0.25, -0.2) is 5.48 Å². The van der Waals surface area contributed by atoms with E-state index in [0.717, 1.165) is 5.56 Å². The molecule has 0 aliphatic carbocycles. The van der Waals surface area contributed by atoms with Crippen LogP contribution in [0.3, 0.4) is 0 Å². The molecule has 1 aliphatic heterocycles. The standard InChI is InChI=1S/C14H19NO4/c1-13(2,3)14(18-8-9-19-14)11-6-4-10(5-7-11)12(16)15-17/h4-7,17H,8-9H2,1-3H3,(H,15,16). The van der Waals surface area contributed by atoms with Gasteiger partial charge in [-0.3, -0.25) is 10.0 Å². The second kappa shape index (κ2) is 4.92. The van der Waals surface area contributed by atoms with Crippen LogP contribution in [-0.4, -0.2) is 24.3 Å². The van der Waals surface area contributed by atoms with Crippen molar-refractivity contribution in [3.8, 4) is 0 Å². The molecule has 2 N–H and O–H groups in total. The van der Waals surface area contributed by atoms with Crippen molar-refractivity contribution in [3.63, 3.8) is 0 Å². The first-order valence-electron chi connectivity index (χ1n) is 6.23. The average molecular weight is 265 g/mol. The first-order valence-corrected chi connectivity index (χ1v) is 6.23. The predicted octanol–water partition coefficient (Wildman–Crippen LogP) is 2.05. The molecule has 1 heterocycles. The highest BCUT2D eigenvalue weighted by Gasteiger charge is 2.48. The lowest BCUT2D eigenvalue weighted by atomic mass is 9.80. The van der Waals surface area contributed by atoms with Crippen molar-refractivity contribution in [1.29, 1.82) is 0 Å². The van der Waals surface area contributed by atoms with Gasteiger partial charge in [0.25, 0.3) is 5.91 Å². The maximum Gasteiger partial charge on any atom is 0.274 e. The monoisotopic (exact) mass is 265 g/mol. The Balaban J connectivity index is 2.37. The number of hydrogen-bond acceptors (Lipinski definition) is 4. The van der Waals surface area contributed by atoms with Crippen LogP contribution in [0.1, 0.15) is 36.7 Å². The van der Waals surface area contributed by atoms with Gasteiger partial charge in [-0.15, -0.1) is 0 Å². The van der Waals surface area contributed by atoms with Gasteiger partial charge in [0.1, 0.15) is 0 Å². The maximum atomic E-state index is 11.3. The van der Waals surface area contributed by atoms with E-state index < -0.39 is 11.7 Å². The number of carbonyl (C=O) groups is 1. The normalized spacial score (nSPS) is 18.3. The molecule has 1 saturated heterocycles. The van der Waals surface area contributed by atoms with Crippen LogP contribution in [0.25, 0.3) is 0 Å². The average Bonchev–Trinajstić information content (AvgIpc) is 2.88. The lowest BCUT2D eigenvalue weighted by Gasteiger charge is -2.39. The summed E-state index contributed by atoms with van der Waals surface area (Å²) in [6, 6.07) is 6.86. The molecule has 1 amide bonds. The maximum absolute atomic E-state index is 11.3. The molecule has 0 unspecified atom stereocenters. The predicted molar refractivity (Wildman–Crippen MR) is 68.7 cm³/mol. The highest BCUT2D eigenvalue weighted by atomic mass is 16.7. The van der Waals surface area contributed by atoms with E-state index in [4.69, 9.17) is 14.7 Å². The Morgan fingerprint density at radius 1 is 1.21 bits per heavy atom. The smallest absolute Gasteiger partial charge is 0.274 e. The van der Waals surface area contributed by atoms with Crippen LogP contribution >= 0.6 is 0 Å². The minimum absolute atomic E-state index is 0.232. The summed E-state index contributed by atoms with van der Waals surface area (Å²) in [6.45, 7) is 7.25. The van der Waals surface area contributed by atoms with Crippen LogP contribution in [-0.2, 0) is 15.3 Å². The number of amides is 1. The zero-order chi connectivity index (χ0) is 14.1. The summed E-state index contributed by atoms with van der Waals surface area (Å²) in [5, 5.41) is 8.60. The molecule has 19 heavy (non-hydrogen) atoms. The summed E-state index contributed by atoms with van der Waals surface area (Å²) in [6.07, 6.45) is 0. The lowest BCUT2D eigenvalue weighted by Crippen LogP contribution is -2.41. The number of benzene rings is 1. The molecule has 1 aromatic rings. The number of nitrogens with one attached hydrogen (secondary N) is 1. The molecular weight excluding hydrogens is 246 g/mol. The van der Waals surface area contributed by atoms with Crippen LogP contribution in [0.4, 0.5) is 0 Å². The number of hydrogen-bond donors (Lipinski definition) is 2. The van der Waals surface area contributed by atoms with E-state index >= 15 is 0 Å². The van der Waals surface area contributed by atoms with Crippen LogP contribution in [0.15, 0.2) is 24.3 Å². The van der Waals surface area contributed by atoms with Crippen LogP contribution in [0.5, 0.6) is 0 Å². The van der Waals surface area contributed by atoms with Gasteiger partial charge >= 0.3 is 0 Å². The van der Waals surface area contributed by atoms with Crippen molar-refractivity contribution in [2.75, 3.05) is 13.2 Å². The first-order chi connectivity index (χ1) is 8.90. The first kappa shape index (κ1) is 14.0. The van der Waals surface area contributed by atoms with E-state index in [1.807, 2.05) is 20.8 Å². The molecule has 1 aliphatic rings. The van der Waals surface area contributed by atoms with Crippen molar-refractivity contribution >= 4 is 5.91 Å². The third-order valence-electron chi connectivity index (χ3n) is 3.31. The molecule has 1 fully saturated rings. The Bertz CT molecular complexity index is 455. The van der Waals surface area contributed by atoms with E-state index in [1.54, 1.807) is 29.7 Å². The second-order valence-corrected chi connectivity index (χ2v) is 5.58. The van der Waals surface area contributed by atoms with E-state index in [-0.39, 0.29) is 5.41 Å². The van der Waals surface area contributed by atoms with Crippen molar-refractivity contribution in [2.45, 2.75) is 26.6 Å². The molecule has 0 saturated carbocycles. The molecule has 5 nitrogen and oxygen atoms in total. The van der Waals surface area contributed by atoms with E-state index in [9.17, 15) is 4.79 Å². The number of hydroxylamine groups is 1. The number of ether oxygens (including phenoxy) is 2. The van der Waals surface area contributed by atoms with Gasteiger partial charge in [0, 0.05) is 16.5 Å². The van der Waals surface area contributed by atoms with Gasteiger partial charge in [-0.1, -0.05) is 32.9 Å². The Morgan fingerprint density at radius 2 is 1.74 bits per heavy atom. The van der Waals surface area contributed by atoms with Gasteiger partial charge < -0.3 is 9.47 Å². The Morgan fingerprint density at radius 3 is 2.16 bits per heavy atom. The van der Waals surface area contributed by atoms with Gasteiger partial charge in [0.2, 0.25) is 0 Å². The lowest BCUT2D eigenvalue weighted by molar-refractivity contribution is -0.232. The quantitative estimate of drug-likeness (QED) is 0.634. The molecular formula is C14H19NO4. The summed E-state index contributed by atoms with van der Waals surface area (Å²) in [4.78, 5) is 11.3. The summed E-state index contributed by atoms with van der Waals surface area (Å²) < 4.78 is 11.7. The Hall–Kier alpha value is -1.43. The van der Waals surface area contributed by atoms with Gasteiger partial charge in [-0.2, -0.15) is 0 Å².